The Bertz CT molecular complexity index is 689. The number of carboxylic acids is 2. The van der Waals surface area contributed by atoms with Crippen molar-refractivity contribution in [3.63, 3.8) is 0 Å². The lowest BCUT2D eigenvalue weighted by Crippen LogP contribution is -2.41. The van der Waals surface area contributed by atoms with Crippen molar-refractivity contribution >= 4 is 48.9 Å². The van der Waals surface area contributed by atoms with Crippen LogP contribution in [0.25, 0.3) is 0 Å². The maximum atomic E-state index is 12.4. The lowest BCUT2D eigenvalue weighted by Gasteiger charge is -2.16. The molecule has 2 N–H and O–H groups in total. The van der Waals surface area contributed by atoms with Gasteiger partial charge in [0.25, 0.3) is 0 Å². The molecule has 0 aromatic rings. The largest absolute Gasteiger partial charge is 0.481 e. The number of hydrogen-bond acceptors (Lipinski definition) is 7. The summed E-state index contributed by atoms with van der Waals surface area (Å²) in [5, 5.41) is 14.0. The lowest BCUT2D eigenvalue weighted by atomic mass is 10.1. The number of thiol groups is 1. The minimum atomic E-state index is -4.73. The molecule has 0 bridgehead atoms. The normalized spacial score (nSPS) is 13.9. The summed E-state index contributed by atoms with van der Waals surface area (Å²) < 4.78 is 46.8. The zero-order valence-corrected chi connectivity index (χ0v) is 18.6. The van der Waals surface area contributed by atoms with E-state index in [1.54, 1.807) is 0 Å². The van der Waals surface area contributed by atoms with E-state index >= 15 is 0 Å². The fraction of sp³-hybridized carbons (Fsp3) is 0.824. The summed E-state index contributed by atoms with van der Waals surface area (Å²) in [6, 6.07) is 0. The van der Waals surface area contributed by atoms with Crippen LogP contribution in [-0.4, -0.2) is 53.7 Å². The van der Waals surface area contributed by atoms with Crippen LogP contribution in [0.3, 0.4) is 0 Å². The van der Waals surface area contributed by atoms with E-state index in [-0.39, 0.29) is 6.42 Å². The van der Waals surface area contributed by atoms with Crippen LogP contribution in [0.15, 0.2) is 0 Å². The van der Waals surface area contributed by atoms with E-state index in [0.29, 0.717) is 12.8 Å². The molecule has 0 saturated carbocycles. The fourth-order valence-corrected chi connectivity index (χ4v) is 6.17. The summed E-state index contributed by atoms with van der Waals surface area (Å²) in [4.78, 5) is 21.9. The highest BCUT2D eigenvalue weighted by atomic mass is 32.2. The maximum absolute atomic E-state index is 12.4. The van der Waals surface area contributed by atoms with Gasteiger partial charge in [0, 0.05) is 0 Å². The van der Waals surface area contributed by atoms with Crippen molar-refractivity contribution in [3.05, 3.63) is 0 Å². The van der Waals surface area contributed by atoms with E-state index in [1.165, 1.54) is 19.3 Å². The van der Waals surface area contributed by atoms with Crippen LogP contribution in [0.2, 0.25) is 0 Å². The highest BCUT2D eigenvalue weighted by molar-refractivity contribution is 8.19. The van der Waals surface area contributed by atoms with Gasteiger partial charge in [-0.15, -0.1) is 0 Å². The molecule has 0 aliphatic heterocycles. The van der Waals surface area contributed by atoms with Crippen molar-refractivity contribution in [2.45, 2.75) is 88.1 Å². The van der Waals surface area contributed by atoms with Crippen LogP contribution < -0.4 is 0 Å². The predicted molar refractivity (Wildman–Crippen MR) is 111 cm³/mol. The molecule has 28 heavy (non-hydrogen) atoms. The van der Waals surface area contributed by atoms with Gasteiger partial charge in [-0.1, -0.05) is 76.9 Å². The first-order valence-corrected chi connectivity index (χ1v) is 12.6. The molecule has 0 rings (SSSR count). The first kappa shape index (κ1) is 26.9. The van der Waals surface area contributed by atoms with Gasteiger partial charge in [0.1, 0.15) is 20.2 Å². The number of carboxylic acid groups (broad SMARTS) is 2. The number of aliphatic carboxylic acids is 2. The van der Waals surface area contributed by atoms with Gasteiger partial charge in [-0.05, 0) is 6.42 Å². The lowest BCUT2D eigenvalue weighted by molar-refractivity contribution is -0.143. The third-order valence-corrected chi connectivity index (χ3v) is 8.72. The van der Waals surface area contributed by atoms with Crippen LogP contribution >= 0.6 is 12.2 Å². The average molecular weight is 459 g/mol. The SMILES string of the molecule is CCCCCCCCCCCC(C(=S)S(=O)(=O)C(CC(=O)O)C(=O)O)[SH](=O)=O. The number of unbranched alkanes of at least 4 members (excludes halogenated alkanes) is 8. The van der Waals surface area contributed by atoms with Gasteiger partial charge in [-0.25, -0.2) is 16.8 Å². The van der Waals surface area contributed by atoms with Gasteiger partial charge in [-0.2, -0.15) is 0 Å². The number of carbonyl (C=O) groups is 2. The highest BCUT2D eigenvalue weighted by Gasteiger charge is 2.41. The topological polar surface area (TPSA) is 143 Å². The molecule has 0 aromatic carbocycles. The van der Waals surface area contributed by atoms with E-state index in [4.69, 9.17) is 22.4 Å². The fourth-order valence-electron chi connectivity index (χ4n) is 2.78. The van der Waals surface area contributed by atoms with Crippen molar-refractivity contribution in [3.8, 4) is 0 Å². The monoisotopic (exact) mass is 458 g/mol. The minimum absolute atomic E-state index is 0.0218. The van der Waals surface area contributed by atoms with Gasteiger partial charge in [0.2, 0.25) is 0 Å². The molecule has 2 atom stereocenters. The maximum Gasteiger partial charge on any atom is 0.322 e. The van der Waals surface area contributed by atoms with E-state index < -0.39 is 53.6 Å². The van der Waals surface area contributed by atoms with Crippen molar-refractivity contribution in [2.75, 3.05) is 0 Å². The summed E-state index contributed by atoms with van der Waals surface area (Å²) in [5.74, 6) is -3.49. The molecular weight excluding hydrogens is 428 g/mol. The smallest absolute Gasteiger partial charge is 0.322 e. The number of hydrogen-bond donors (Lipinski definition) is 3. The molecule has 8 nitrogen and oxygen atoms in total. The van der Waals surface area contributed by atoms with Crippen LogP contribution in [0.1, 0.15) is 77.6 Å². The molecule has 0 amide bonds. The second kappa shape index (κ2) is 14.0. The Morgan fingerprint density at radius 1 is 0.929 bits per heavy atom. The van der Waals surface area contributed by atoms with Crippen molar-refractivity contribution < 1.29 is 36.6 Å². The van der Waals surface area contributed by atoms with E-state index in [2.05, 4.69) is 6.92 Å². The number of rotatable bonds is 16. The molecule has 0 radical (unpaired) electrons. The average Bonchev–Trinajstić information content (AvgIpc) is 2.60. The Morgan fingerprint density at radius 2 is 1.39 bits per heavy atom. The van der Waals surface area contributed by atoms with Crippen molar-refractivity contribution in [2.24, 2.45) is 0 Å². The Balaban J connectivity index is 4.75. The Labute approximate surface area is 173 Å². The minimum Gasteiger partial charge on any atom is -0.481 e. The molecule has 0 aliphatic rings. The van der Waals surface area contributed by atoms with E-state index in [0.717, 1.165) is 25.7 Å². The Hall–Kier alpha value is -1.07. The summed E-state index contributed by atoms with van der Waals surface area (Å²) >= 11 is 4.77. The second-order valence-electron chi connectivity index (χ2n) is 6.71. The summed E-state index contributed by atoms with van der Waals surface area (Å²) in [6.45, 7) is 2.14. The predicted octanol–water partition coefficient (Wildman–Crippen LogP) is 2.56. The van der Waals surface area contributed by atoms with Gasteiger partial charge in [0.15, 0.2) is 15.1 Å². The highest BCUT2D eigenvalue weighted by Crippen LogP contribution is 2.19. The molecule has 2 unspecified atom stereocenters. The van der Waals surface area contributed by atoms with Crippen LogP contribution in [0, 0.1) is 0 Å². The van der Waals surface area contributed by atoms with Crippen LogP contribution in [0.5, 0.6) is 0 Å². The summed E-state index contributed by atoms with van der Waals surface area (Å²) in [7, 11) is -7.96. The molecule has 0 aliphatic carbocycles. The third kappa shape index (κ3) is 9.92. The molecule has 0 spiro atoms. The number of sulfone groups is 1. The van der Waals surface area contributed by atoms with Gasteiger partial charge >= 0.3 is 11.9 Å². The number of thiocarbonyl (C=S) groups is 1. The van der Waals surface area contributed by atoms with Gasteiger partial charge in [0.05, 0.1) is 6.42 Å². The van der Waals surface area contributed by atoms with Crippen LogP contribution in [-0.2, 0) is 30.1 Å². The standard InChI is InChI=1S/C17H30O8S3/c1-2-3-4-5-6-7-8-9-10-11-13(27(22)23)17(26)28(24,25)14(16(20)21)12-15(18)19/h13-14,27H,2-12H2,1H3,(H,18,19)(H,20,21). The molecule has 164 valence electrons. The molecule has 11 heteroatoms. The molecular formula is C17H30O8S3. The molecule has 0 saturated heterocycles. The molecule has 0 fully saturated rings. The van der Waals surface area contributed by atoms with E-state index in [1.807, 2.05) is 0 Å². The first-order chi connectivity index (χ1) is 13.1. The van der Waals surface area contributed by atoms with Crippen LogP contribution in [0.4, 0.5) is 0 Å². The molecule has 0 aromatic heterocycles. The van der Waals surface area contributed by atoms with Crippen molar-refractivity contribution in [1.82, 2.24) is 0 Å². The quantitative estimate of drug-likeness (QED) is 0.181. The Morgan fingerprint density at radius 3 is 1.79 bits per heavy atom. The third-order valence-electron chi connectivity index (χ3n) is 4.40. The zero-order valence-electron chi connectivity index (χ0n) is 16.0. The first-order valence-electron chi connectivity index (χ1n) is 9.41. The molecule has 0 heterocycles. The van der Waals surface area contributed by atoms with Gasteiger partial charge < -0.3 is 10.2 Å². The van der Waals surface area contributed by atoms with Crippen molar-refractivity contribution in [1.29, 1.82) is 0 Å². The summed E-state index contributed by atoms with van der Waals surface area (Å²) in [6.07, 6.45) is 7.70. The Kier molecular flexibility index (Phi) is 13.5. The van der Waals surface area contributed by atoms with Gasteiger partial charge in [-0.3, -0.25) is 9.59 Å². The summed E-state index contributed by atoms with van der Waals surface area (Å²) in [5.41, 5.74) is 0. The zero-order chi connectivity index (χ0) is 21.7. The van der Waals surface area contributed by atoms with E-state index in [9.17, 15) is 26.4 Å². The second-order valence-corrected chi connectivity index (χ2v) is 10.7.